The number of carbonyl (C=O) groups excluding carboxylic acids is 2. The van der Waals surface area contributed by atoms with Crippen LogP contribution in [-0.4, -0.2) is 88.5 Å². The second-order valence-electron chi connectivity index (χ2n) is 5.09. The molecule has 1 rings (SSSR count). The molecule has 0 bridgehead atoms. The van der Waals surface area contributed by atoms with Crippen LogP contribution in [0.4, 0.5) is 0 Å². The normalized spacial score (nSPS) is 11.1. The van der Waals surface area contributed by atoms with E-state index in [0.29, 0.717) is 0 Å². The van der Waals surface area contributed by atoms with Gasteiger partial charge in [-0.3, -0.25) is 4.55 Å². The summed E-state index contributed by atoms with van der Waals surface area (Å²) in [6.45, 7) is 6.46. The van der Waals surface area contributed by atoms with E-state index in [2.05, 4.69) is 0 Å². The first kappa shape index (κ1) is 22.7. The minimum absolute atomic E-state index is 0. The Kier molecular flexibility index (Phi) is 9.14. The third kappa shape index (κ3) is 7.00. The van der Waals surface area contributed by atoms with Crippen molar-refractivity contribution in [3.05, 3.63) is 29.3 Å². The Hall–Kier alpha value is -0.294. The molecule has 0 aliphatic heterocycles. The van der Waals surface area contributed by atoms with Crippen molar-refractivity contribution in [2.24, 2.45) is 0 Å². The van der Waals surface area contributed by atoms with Gasteiger partial charge in [0.1, 0.15) is 4.90 Å². The third-order valence-electron chi connectivity index (χ3n) is 2.40. The van der Waals surface area contributed by atoms with Crippen LogP contribution in [0, 0.1) is 0 Å². The second-order valence-corrected chi connectivity index (χ2v) is 6.48. The molecule has 0 amide bonds. The summed E-state index contributed by atoms with van der Waals surface area (Å²) in [7, 11) is -4.71. The van der Waals surface area contributed by atoms with E-state index >= 15 is 0 Å². The molecule has 0 aliphatic rings. The molecule has 0 saturated carbocycles. The summed E-state index contributed by atoms with van der Waals surface area (Å²) in [6, 6.07) is 3.22. The van der Waals surface area contributed by atoms with Gasteiger partial charge in [0.25, 0.3) is 10.1 Å². The van der Waals surface area contributed by atoms with Crippen molar-refractivity contribution < 1.29 is 32.0 Å². The molecule has 123 valence electrons. The molecule has 1 aromatic rings. The number of hydrogen-bond acceptors (Lipinski definition) is 6. The molecule has 1 aromatic carbocycles. The largest absolute Gasteiger partial charge is 0.459 e. The first-order valence-electron chi connectivity index (χ1n) is 6.56. The quantitative estimate of drug-likeness (QED) is 0.478. The van der Waals surface area contributed by atoms with E-state index in [9.17, 15) is 22.6 Å². The van der Waals surface area contributed by atoms with Crippen molar-refractivity contribution in [2.75, 3.05) is 0 Å². The second kappa shape index (κ2) is 9.26. The molecule has 0 unspecified atom stereocenters. The maximum Gasteiger partial charge on any atom is 0.339 e. The van der Waals surface area contributed by atoms with Gasteiger partial charge in [-0.1, -0.05) is 0 Å². The predicted octanol–water partition coefficient (Wildman–Crippen LogP) is 1.68. The van der Waals surface area contributed by atoms with Crippen LogP contribution >= 0.6 is 0 Å². The van der Waals surface area contributed by atoms with Gasteiger partial charge in [-0.05, 0) is 45.9 Å². The summed E-state index contributed by atoms with van der Waals surface area (Å²) in [5.41, 5.74) is -0.445. The molecular formula is C14H18KO7S. The summed E-state index contributed by atoms with van der Waals surface area (Å²) in [6.07, 6.45) is -0.861. The minimum Gasteiger partial charge on any atom is -0.459 e. The third-order valence-corrected chi connectivity index (χ3v) is 3.29. The van der Waals surface area contributed by atoms with Crippen molar-refractivity contribution in [1.82, 2.24) is 0 Å². The van der Waals surface area contributed by atoms with Crippen LogP contribution in [0.5, 0.6) is 0 Å². The Bertz CT molecular complexity index is 680. The van der Waals surface area contributed by atoms with Crippen molar-refractivity contribution in [1.29, 1.82) is 0 Å². The fourth-order valence-electron chi connectivity index (χ4n) is 1.59. The topological polar surface area (TPSA) is 107 Å². The molecule has 1 N–H and O–H groups in total. The van der Waals surface area contributed by atoms with Gasteiger partial charge in [0.15, 0.2) is 0 Å². The Morgan fingerprint density at radius 3 is 1.91 bits per heavy atom. The van der Waals surface area contributed by atoms with E-state index in [4.69, 9.17) is 9.47 Å². The summed E-state index contributed by atoms with van der Waals surface area (Å²) < 4.78 is 42.0. The Balaban J connectivity index is 0.00000484. The van der Waals surface area contributed by atoms with Crippen LogP contribution < -0.4 is 0 Å². The molecule has 23 heavy (non-hydrogen) atoms. The van der Waals surface area contributed by atoms with E-state index in [0.717, 1.165) is 12.1 Å². The van der Waals surface area contributed by atoms with Crippen molar-refractivity contribution in [3.63, 3.8) is 0 Å². The van der Waals surface area contributed by atoms with E-state index in [-0.39, 0.29) is 62.5 Å². The van der Waals surface area contributed by atoms with E-state index in [1.54, 1.807) is 27.7 Å². The van der Waals surface area contributed by atoms with Gasteiger partial charge < -0.3 is 9.47 Å². The minimum atomic E-state index is -4.71. The summed E-state index contributed by atoms with van der Waals surface area (Å²) in [4.78, 5) is 22.9. The van der Waals surface area contributed by atoms with Gasteiger partial charge in [-0.15, -0.1) is 0 Å². The summed E-state index contributed by atoms with van der Waals surface area (Å²) >= 11 is 0. The smallest absolute Gasteiger partial charge is 0.339 e. The number of benzene rings is 1. The molecular weight excluding hydrogens is 351 g/mol. The van der Waals surface area contributed by atoms with Gasteiger partial charge in [-0.25, -0.2) is 9.59 Å². The monoisotopic (exact) mass is 369 g/mol. The predicted molar refractivity (Wildman–Crippen MR) is 83.1 cm³/mol. The zero-order valence-corrected chi connectivity index (χ0v) is 17.6. The molecule has 0 fully saturated rings. The number of esters is 2. The van der Waals surface area contributed by atoms with Crippen LogP contribution in [0.2, 0.25) is 0 Å². The average Bonchev–Trinajstić information content (AvgIpc) is 2.35. The summed E-state index contributed by atoms with van der Waals surface area (Å²) in [5, 5.41) is 0. The van der Waals surface area contributed by atoms with Crippen LogP contribution in [0.25, 0.3) is 0 Å². The van der Waals surface area contributed by atoms with Crippen molar-refractivity contribution in [3.8, 4) is 0 Å². The first-order chi connectivity index (χ1) is 10.0. The Morgan fingerprint density at radius 1 is 1.00 bits per heavy atom. The van der Waals surface area contributed by atoms with Gasteiger partial charge >= 0.3 is 11.9 Å². The van der Waals surface area contributed by atoms with E-state index in [1.165, 1.54) is 6.07 Å². The number of carbonyl (C=O) groups is 2. The number of ether oxygens (including phenoxy) is 2. The van der Waals surface area contributed by atoms with E-state index in [1.807, 2.05) is 0 Å². The van der Waals surface area contributed by atoms with Gasteiger partial charge in [-0.2, -0.15) is 8.42 Å². The average molecular weight is 369 g/mol. The molecule has 0 spiro atoms. The maximum absolute atomic E-state index is 11.9. The molecule has 1 radical (unpaired) electrons. The molecule has 0 aromatic heterocycles. The first-order valence-corrected chi connectivity index (χ1v) is 8.00. The molecule has 0 heterocycles. The maximum atomic E-state index is 11.9. The zero-order valence-electron chi connectivity index (χ0n) is 13.7. The van der Waals surface area contributed by atoms with Crippen LogP contribution in [0.1, 0.15) is 48.4 Å². The van der Waals surface area contributed by atoms with Crippen LogP contribution in [0.3, 0.4) is 0 Å². The fourth-order valence-corrected chi connectivity index (χ4v) is 2.30. The number of rotatable bonds is 5. The Labute approximate surface area is 177 Å². The molecule has 0 aliphatic carbocycles. The van der Waals surface area contributed by atoms with Crippen molar-refractivity contribution in [2.45, 2.75) is 44.8 Å². The molecule has 0 atom stereocenters. The number of hydrogen-bond donors (Lipinski definition) is 1. The Morgan fingerprint density at radius 2 is 1.48 bits per heavy atom. The molecule has 9 heteroatoms. The standard InChI is InChI=1S/C14H18O7S.K/c1-8(2)20-13(15)10-5-6-11(14(16)21-9(3)4)12(7-10)22(17,18)19;/h5-9H,1-4H3,(H,17,18,19);. The van der Waals surface area contributed by atoms with Crippen LogP contribution in [-0.2, 0) is 19.6 Å². The fraction of sp³-hybridized carbons (Fsp3) is 0.429. The van der Waals surface area contributed by atoms with Crippen molar-refractivity contribution >= 4 is 73.4 Å². The van der Waals surface area contributed by atoms with Crippen LogP contribution in [0.15, 0.2) is 23.1 Å². The molecule has 7 nitrogen and oxygen atoms in total. The summed E-state index contributed by atoms with van der Waals surface area (Å²) in [5.74, 6) is -1.67. The van der Waals surface area contributed by atoms with Gasteiger partial charge in [0.2, 0.25) is 0 Å². The SMILES string of the molecule is CC(C)OC(=O)c1ccc(C(=O)OC(C)C)c(S(=O)(=O)O)c1.[K]. The zero-order chi connectivity index (χ0) is 17.1. The molecule has 0 saturated heterocycles. The van der Waals surface area contributed by atoms with E-state index < -0.39 is 39.2 Å². The van der Waals surface area contributed by atoms with Gasteiger partial charge in [0, 0.05) is 51.4 Å². The van der Waals surface area contributed by atoms with Gasteiger partial charge in [0.05, 0.1) is 23.3 Å².